The highest BCUT2D eigenvalue weighted by Crippen LogP contribution is 2.40. The summed E-state index contributed by atoms with van der Waals surface area (Å²) >= 11 is 0. The van der Waals surface area contributed by atoms with Gasteiger partial charge in [-0.2, -0.15) is 0 Å². The molecule has 4 nitrogen and oxygen atoms in total. The van der Waals surface area contributed by atoms with Crippen LogP contribution in [0.25, 0.3) is 83.9 Å². The molecule has 56 heavy (non-hydrogen) atoms. The number of phenolic OH excluding ortho intramolecular Hbond substituents is 1. The molecule has 9 aromatic rings. The highest BCUT2D eigenvalue weighted by molar-refractivity contribution is 5.97. The average molecular weight is 728 g/mol. The predicted octanol–water partition coefficient (Wildman–Crippen LogP) is 13.6. The van der Waals surface area contributed by atoms with Crippen molar-refractivity contribution in [2.24, 2.45) is 0 Å². The number of para-hydroxylation sites is 2. The van der Waals surface area contributed by atoms with Crippen LogP contribution in [0.1, 0.15) is 36.4 Å². The number of fused-ring (bicyclic) bond motifs is 1. The van der Waals surface area contributed by atoms with E-state index in [0.29, 0.717) is 28.2 Å². The number of imidazole rings is 1. The third kappa shape index (κ3) is 6.56. The van der Waals surface area contributed by atoms with Crippen LogP contribution in [0.4, 0.5) is 0 Å². The fourth-order valence-electron chi connectivity index (χ4n) is 7.47. The molecule has 0 atom stereocenters. The molecule has 0 bridgehead atoms. The number of phenols is 1. The van der Waals surface area contributed by atoms with E-state index in [2.05, 4.69) is 48.5 Å². The highest BCUT2D eigenvalue weighted by atomic mass is 16.3. The summed E-state index contributed by atoms with van der Waals surface area (Å²) < 4.78 is 36.1. The Bertz CT molecular complexity index is 3000. The lowest BCUT2D eigenvalue weighted by Crippen LogP contribution is -1.99. The first-order valence-electron chi connectivity index (χ1n) is 20.7. The summed E-state index contributed by atoms with van der Waals surface area (Å²) in [5.41, 5.74) is 12.8. The average Bonchev–Trinajstić information content (AvgIpc) is 3.66. The molecule has 0 unspecified atom stereocenters. The number of hydrogen-bond donors (Lipinski definition) is 1. The Balaban J connectivity index is 1.25. The van der Waals surface area contributed by atoms with Crippen molar-refractivity contribution in [3.63, 3.8) is 0 Å². The number of nitrogens with zero attached hydrogens (tertiary/aromatic N) is 3. The third-order valence-corrected chi connectivity index (χ3v) is 10.4. The molecule has 4 heteroatoms. The molecule has 1 N–H and O–H groups in total. The van der Waals surface area contributed by atoms with Crippen molar-refractivity contribution in [3.8, 4) is 78.6 Å². The molecule has 0 saturated carbocycles. The maximum Gasteiger partial charge on any atom is 0.149 e. The van der Waals surface area contributed by atoms with Crippen molar-refractivity contribution >= 4 is 11.0 Å². The fourth-order valence-corrected chi connectivity index (χ4v) is 7.47. The van der Waals surface area contributed by atoms with E-state index in [9.17, 15) is 5.11 Å². The van der Waals surface area contributed by atoms with Crippen LogP contribution in [-0.4, -0.2) is 19.6 Å². The quantitative estimate of drug-likeness (QED) is 0.170. The molecule has 0 aliphatic carbocycles. The normalized spacial score (nSPS) is 12.8. The molecule has 0 radical (unpaired) electrons. The minimum absolute atomic E-state index is 0.0601. The number of rotatable bonds is 8. The van der Waals surface area contributed by atoms with Gasteiger partial charge in [0.2, 0.25) is 0 Å². The van der Waals surface area contributed by atoms with Crippen molar-refractivity contribution in [1.82, 2.24) is 14.5 Å². The van der Waals surface area contributed by atoms with Gasteiger partial charge in [-0.25, -0.2) is 4.98 Å². The summed E-state index contributed by atoms with van der Waals surface area (Å²) in [6.45, 7) is 1.38. The van der Waals surface area contributed by atoms with Crippen LogP contribution in [0, 0.1) is 6.85 Å². The van der Waals surface area contributed by atoms with Gasteiger partial charge in [0, 0.05) is 28.5 Å². The lowest BCUT2D eigenvalue weighted by molar-refractivity contribution is 0.477. The number of benzene rings is 7. The minimum atomic E-state index is -2.40. The number of hydrogen-bond acceptors (Lipinski definition) is 3. The maximum atomic E-state index is 11.2. The number of aromatic hydroxyl groups is 1. The van der Waals surface area contributed by atoms with E-state index in [-0.39, 0.29) is 11.3 Å². The highest BCUT2D eigenvalue weighted by Gasteiger charge is 2.21. The third-order valence-electron chi connectivity index (χ3n) is 10.4. The zero-order chi connectivity index (χ0) is 41.6. The Hall–Kier alpha value is -7.04. The second-order valence-electron chi connectivity index (χ2n) is 14.2. The Morgan fingerprint density at radius 3 is 1.98 bits per heavy atom. The second kappa shape index (κ2) is 14.7. The number of pyridine rings is 1. The first-order chi connectivity index (χ1) is 28.9. The standard InChI is InChI=1S/C52H41N3O/c1-34(2)36-21-23-38(24-22-36)40-27-28-53-48(33-40)43-31-41(37-13-6-4-7-14-37)30-42(32-43)46-18-12-19-49-51(46)54-52(47-17-10-11-20-50(47)56)55(49)44-25-26-45(35(3)29-44)39-15-8-5-9-16-39/h4-34,56H,1-3H3/i3D3,34D. The Kier molecular flexibility index (Phi) is 7.93. The van der Waals surface area contributed by atoms with E-state index >= 15 is 0 Å². The molecule has 2 aromatic heterocycles. The van der Waals surface area contributed by atoms with Gasteiger partial charge in [0.15, 0.2) is 0 Å². The van der Waals surface area contributed by atoms with Crippen LogP contribution in [0.15, 0.2) is 182 Å². The van der Waals surface area contributed by atoms with Gasteiger partial charge in [0.05, 0.1) is 22.3 Å². The Morgan fingerprint density at radius 2 is 1.23 bits per heavy atom. The SMILES string of the molecule is [2H]C([2H])([2H])c1cc(-n2c(-c3ccccc3O)nc3c(-c4cc(-c5ccccc5)cc(-c5cc(-c6ccc(C([2H])(C)C)cc6)ccn5)c4)cccc32)ccc1-c1ccccc1. The van der Waals surface area contributed by atoms with Crippen LogP contribution in [0.2, 0.25) is 0 Å². The van der Waals surface area contributed by atoms with Crippen molar-refractivity contribution in [1.29, 1.82) is 0 Å². The zero-order valence-corrected chi connectivity index (χ0v) is 31.1. The van der Waals surface area contributed by atoms with Gasteiger partial charge in [0.25, 0.3) is 0 Å². The van der Waals surface area contributed by atoms with Crippen molar-refractivity contribution in [3.05, 3.63) is 193 Å². The summed E-state index contributed by atoms with van der Waals surface area (Å²) in [5.74, 6) is -0.150. The first-order valence-corrected chi connectivity index (χ1v) is 18.7. The molecule has 0 aliphatic rings. The lowest BCUT2D eigenvalue weighted by atomic mass is 9.93. The van der Waals surface area contributed by atoms with Gasteiger partial charge < -0.3 is 5.11 Å². The smallest absolute Gasteiger partial charge is 0.149 e. The van der Waals surface area contributed by atoms with Crippen LogP contribution in [0.3, 0.4) is 0 Å². The molecule has 0 saturated heterocycles. The zero-order valence-electron chi connectivity index (χ0n) is 35.1. The van der Waals surface area contributed by atoms with E-state index in [1.165, 1.54) is 0 Å². The Labute approximate surface area is 333 Å². The molecule has 0 aliphatic heterocycles. The summed E-state index contributed by atoms with van der Waals surface area (Å²) in [7, 11) is 0. The van der Waals surface area contributed by atoms with Gasteiger partial charge >= 0.3 is 0 Å². The topological polar surface area (TPSA) is 50.9 Å². The number of aromatic nitrogens is 3. The lowest BCUT2D eigenvalue weighted by Gasteiger charge is -2.14. The van der Waals surface area contributed by atoms with Gasteiger partial charge in [-0.15, -0.1) is 0 Å². The maximum absolute atomic E-state index is 11.2. The first kappa shape index (κ1) is 30.3. The molecule has 9 rings (SSSR count). The van der Waals surface area contributed by atoms with Crippen LogP contribution in [-0.2, 0) is 0 Å². The Morgan fingerprint density at radius 1 is 0.554 bits per heavy atom. The molecule has 270 valence electrons. The summed E-state index contributed by atoms with van der Waals surface area (Å²) in [6, 6.07) is 57.1. The largest absolute Gasteiger partial charge is 0.507 e. The van der Waals surface area contributed by atoms with E-state index in [1.807, 2.05) is 134 Å². The van der Waals surface area contributed by atoms with E-state index < -0.39 is 12.7 Å². The van der Waals surface area contributed by atoms with Crippen LogP contribution in [0.5, 0.6) is 5.75 Å². The van der Waals surface area contributed by atoms with Gasteiger partial charge in [0.1, 0.15) is 11.6 Å². The molecule has 7 aromatic carbocycles. The van der Waals surface area contributed by atoms with Crippen LogP contribution >= 0.6 is 0 Å². The predicted molar refractivity (Wildman–Crippen MR) is 232 cm³/mol. The minimum Gasteiger partial charge on any atom is -0.507 e. The van der Waals surface area contributed by atoms with Gasteiger partial charge in [-0.1, -0.05) is 129 Å². The summed E-state index contributed by atoms with van der Waals surface area (Å²) in [4.78, 5) is 10.1. The van der Waals surface area contributed by atoms with Crippen LogP contribution < -0.4 is 0 Å². The molecule has 0 amide bonds. The molecular formula is C52H41N3O. The van der Waals surface area contributed by atoms with Crippen molar-refractivity contribution in [2.75, 3.05) is 0 Å². The summed E-state index contributed by atoms with van der Waals surface area (Å²) in [6.07, 6.45) is 1.83. The monoisotopic (exact) mass is 727 g/mol. The van der Waals surface area contributed by atoms with E-state index in [0.717, 1.165) is 61.3 Å². The molecule has 0 spiro atoms. The molecular weight excluding hydrogens is 683 g/mol. The number of aryl methyl sites for hydroxylation is 1. The van der Waals surface area contributed by atoms with E-state index in [1.54, 1.807) is 18.2 Å². The van der Waals surface area contributed by atoms with E-state index in [4.69, 9.17) is 15.5 Å². The molecule has 2 heterocycles. The second-order valence-corrected chi connectivity index (χ2v) is 14.2. The van der Waals surface area contributed by atoms with Gasteiger partial charge in [-0.05, 0) is 123 Å². The fraction of sp³-hybridized carbons (Fsp3) is 0.0769. The van der Waals surface area contributed by atoms with Crippen molar-refractivity contribution in [2.45, 2.75) is 26.6 Å². The molecule has 0 fully saturated rings. The summed E-state index contributed by atoms with van der Waals surface area (Å²) in [5, 5.41) is 11.2. The van der Waals surface area contributed by atoms with Crippen molar-refractivity contribution < 1.29 is 10.6 Å². The van der Waals surface area contributed by atoms with Gasteiger partial charge in [-0.3, -0.25) is 9.55 Å².